The van der Waals surface area contributed by atoms with Gasteiger partial charge in [-0.3, -0.25) is 24.0 Å². The Kier molecular flexibility index (Phi) is 21.1. The van der Waals surface area contributed by atoms with E-state index >= 15 is 0 Å². The second-order valence-electron chi connectivity index (χ2n) is 12.1. The fourth-order valence-electron chi connectivity index (χ4n) is 4.50. The summed E-state index contributed by atoms with van der Waals surface area (Å²) in [6, 6.07) is -0.460. The molecule has 7 amide bonds. The molecule has 1 aromatic carbocycles. The number of nitrogens with one attached hydrogen (secondary N) is 7. The maximum atomic E-state index is 12.5. The summed E-state index contributed by atoms with van der Waals surface area (Å²) >= 11 is 3.81. The average Bonchev–Trinajstić information content (AvgIpc) is 3.09. The number of benzene rings is 1. The van der Waals surface area contributed by atoms with Gasteiger partial charge in [0.25, 0.3) is 0 Å². The number of hydrogen-bond acceptors (Lipinski definition) is 11. The molecule has 0 bridgehead atoms. The van der Waals surface area contributed by atoms with Crippen LogP contribution in [-0.2, 0) is 46.5 Å². The van der Waals surface area contributed by atoms with Crippen LogP contribution in [0.4, 0.5) is 9.59 Å². The van der Waals surface area contributed by atoms with E-state index in [4.69, 9.17) is 26.2 Å². The summed E-state index contributed by atoms with van der Waals surface area (Å²) in [7, 11) is 0. The van der Waals surface area contributed by atoms with Gasteiger partial charge in [0, 0.05) is 37.8 Å². The number of carbonyl (C=O) groups is 9. The van der Waals surface area contributed by atoms with E-state index in [1.165, 1.54) is 0 Å². The van der Waals surface area contributed by atoms with Crippen molar-refractivity contribution < 1.29 is 63.6 Å². The van der Waals surface area contributed by atoms with Gasteiger partial charge in [-0.15, -0.1) is 0 Å². The molecule has 0 unspecified atom stereocenters. The predicted octanol–water partition coefficient (Wildman–Crippen LogP) is -1.89. The van der Waals surface area contributed by atoms with Crippen LogP contribution < -0.4 is 43.0 Å². The Morgan fingerprint density at radius 1 is 0.685 bits per heavy atom. The Morgan fingerprint density at radius 3 is 1.87 bits per heavy atom. The van der Waals surface area contributed by atoms with Crippen molar-refractivity contribution >= 4 is 66.3 Å². The van der Waals surface area contributed by atoms with Crippen LogP contribution in [0, 0.1) is 0 Å². The number of unbranched alkanes of at least 4 members (excludes halogenated alkanes) is 1. The van der Waals surface area contributed by atoms with Crippen LogP contribution in [0.1, 0.15) is 56.6 Å². The van der Waals surface area contributed by atoms with Gasteiger partial charge in [-0.1, -0.05) is 24.3 Å². The van der Waals surface area contributed by atoms with Crippen molar-refractivity contribution in [3.63, 3.8) is 0 Å². The summed E-state index contributed by atoms with van der Waals surface area (Å²) in [5.41, 5.74) is 7.15. The lowest BCUT2D eigenvalue weighted by Crippen LogP contribution is -2.57. The number of carbonyl (C=O) groups excluding carboxylic acids is 5. The fourth-order valence-corrected chi connectivity index (χ4v) is 4.75. The lowest BCUT2D eigenvalue weighted by molar-refractivity contribution is -0.143. The number of carboxylic acid groups (broad SMARTS) is 4. The number of aliphatic carboxylic acids is 4. The molecule has 5 atom stereocenters. The average molecular weight is 785 g/mol. The molecule has 0 heterocycles. The molecule has 0 radical (unpaired) electrons. The van der Waals surface area contributed by atoms with E-state index in [1.807, 2.05) is 0 Å². The van der Waals surface area contributed by atoms with E-state index in [0.717, 1.165) is 5.56 Å². The monoisotopic (exact) mass is 784 g/mol. The molecule has 13 N–H and O–H groups in total. The first-order chi connectivity index (χ1) is 25.4. The van der Waals surface area contributed by atoms with Crippen molar-refractivity contribution in [2.24, 2.45) is 5.73 Å². The van der Waals surface area contributed by atoms with Crippen molar-refractivity contribution in [2.75, 3.05) is 18.8 Å². The third kappa shape index (κ3) is 19.8. The van der Waals surface area contributed by atoms with Gasteiger partial charge >= 0.3 is 35.9 Å². The number of urea groups is 2. The maximum absolute atomic E-state index is 12.5. The van der Waals surface area contributed by atoms with E-state index in [1.54, 1.807) is 31.2 Å². The van der Waals surface area contributed by atoms with Crippen LogP contribution in [0.15, 0.2) is 24.3 Å². The lowest BCUT2D eigenvalue weighted by atomic mass is 10.1. The number of amides is 7. The Bertz CT molecular complexity index is 1480. The lowest BCUT2D eigenvalue weighted by Gasteiger charge is -2.21. The van der Waals surface area contributed by atoms with Gasteiger partial charge < -0.3 is 63.4 Å². The Morgan fingerprint density at radius 2 is 1.30 bits per heavy atom. The van der Waals surface area contributed by atoms with Crippen LogP contribution in [-0.4, -0.2) is 123 Å². The van der Waals surface area contributed by atoms with Gasteiger partial charge in [-0.25, -0.2) is 19.2 Å². The van der Waals surface area contributed by atoms with Crippen LogP contribution in [0.5, 0.6) is 0 Å². The molecule has 0 aliphatic heterocycles. The minimum absolute atomic E-state index is 0.0820. The zero-order valence-electron chi connectivity index (χ0n) is 29.5. The highest BCUT2D eigenvalue weighted by Gasteiger charge is 2.29. The van der Waals surface area contributed by atoms with Gasteiger partial charge in [0.1, 0.15) is 24.2 Å². The molecule has 0 spiro atoms. The molecular formula is C32H48N8O13S. The van der Waals surface area contributed by atoms with E-state index in [2.05, 4.69) is 49.8 Å². The summed E-state index contributed by atoms with van der Waals surface area (Å²) < 4.78 is 0. The number of carboxylic acids is 4. The number of rotatable bonds is 25. The van der Waals surface area contributed by atoms with Crippen LogP contribution in [0.3, 0.4) is 0 Å². The zero-order valence-corrected chi connectivity index (χ0v) is 30.4. The SMILES string of the molecule is C[C@H](CCCCNC(=O)NCc1ccc(CC(=O)NC[C@H](N)C(=O)N[C@@H](CC(=O)O)C(=O)N[C@@H](CS)C(=O)O)cc1)NC(=O)N[C@@H](CCC(=O)O)C(=O)O. The fraction of sp³-hybridized carbons (Fsp3) is 0.531. The second-order valence-corrected chi connectivity index (χ2v) is 12.5. The molecule has 54 heavy (non-hydrogen) atoms. The largest absolute Gasteiger partial charge is 0.481 e. The zero-order chi connectivity index (χ0) is 40.8. The van der Waals surface area contributed by atoms with E-state index < -0.39 is 90.7 Å². The van der Waals surface area contributed by atoms with E-state index in [9.17, 15) is 43.2 Å². The van der Waals surface area contributed by atoms with Crippen molar-refractivity contribution in [1.82, 2.24) is 37.2 Å². The topological polar surface area (TPSA) is 345 Å². The van der Waals surface area contributed by atoms with Crippen molar-refractivity contribution in [2.45, 2.75) is 88.6 Å². The summed E-state index contributed by atoms with van der Waals surface area (Å²) in [4.78, 5) is 106. The number of hydrogen-bond donors (Lipinski definition) is 13. The first-order valence-corrected chi connectivity index (χ1v) is 17.3. The minimum atomic E-state index is -1.63. The number of thiol groups is 1. The van der Waals surface area contributed by atoms with Crippen molar-refractivity contribution in [1.29, 1.82) is 0 Å². The highest BCUT2D eigenvalue weighted by atomic mass is 32.1. The summed E-state index contributed by atoms with van der Waals surface area (Å²) in [5, 5.41) is 53.0. The molecule has 0 aromatic heterocycles. The minimum Gasteiger partial charge on any atom is -0.481 e. The Balaban J connectivity index is 2.38. The van der Waals surface area contributed by atoms with Crippen LogP contribution in [0.2, 0.25) is 0 Å². The molecule has 1 rings (SSSR count). The maximum Gasteiger partial charge on any atom is 0.327 e. The van der Waals surface area contributed by atoms with Gasteiger partial charge in [0.05, 0.1) is 12.8 Å². The highest BCUT2D eigenvalue weighted by molar-refractivity contribution is 7.80. The van der Waals surface area contributed by atoms with E-state index in [-0.39, 0.29) is 37.7 Å². The molecule has 0 saturated heterocycles. The summed E-state index contributed by atoms with van der Waals surface area (Å²) in [5.74, 6) is -8.14. The quantitative estimate of drug-likeness (QED) is 0.0381. The first-order valence-electron chi connectivity index (χ1n) is 16.7. The van der Waals surface area contributed by atoms with Gasteiger partial charge in [-0.2, -0.15) is 12.6 Å². The Hall–Kier alpha value is -5.64. The van der Waals surface area contributed by atoms with Crippen LogP contribution in [0.25, 0.3) is 0 Å². The smallest absolute Gasteiger partial charge is 0.327 e. The molecule has 300 valence electrons. The third-order valence-electron chi connectivity index (χ3n) is 7.48. The molecule has 1 aromatic rings. The normalized spacial score (nSPS) is 13.4. The number of nitrogens with two attached hydrogens (primary N) is 1. The molecular weight excluding hydrogens is 736 g/mol. The summed E-state index contributed by atoms with van der Waals surface area (Å²) in [6.45, 7) is 1.91. The third-order valence-corrected chi connectivity index (χ3v) is 7.85. The van der Waals surface area contributed by atoms with E-state index in [0.29, 0.717) is 31.4 Å². The molecule has 0 fully saturated rings. The Labute approximate surface area is 315 Å². The second kappa shape index (κ2) is 24.6. The van der Waals surface area contributed by atoms with Crippen molar-refractivity contribution in [3.8, 4) is 0 Å². The van der Waals surface area contributed by atoms with Gasteiger partial charge in [0.15, 0.2) is 0 Å². The molecule has 0 aliphatic carbocycles. The standard InChI is InChI=1S/C32H48N8O13S/c1-17(37-32(53)40-21(29(48)49)9-10-25(42)43)4-2-3-11-34-31(52)36-14-19-7-5-18(6-8-19)12-24(41)35-15-20(33)27(46)38-22(13-26(44)45)28(47)39-23(16-54)30(50)51/h5-8,17,20-23,54H,2-4,9-16,33H2,1H3,(H,35,41)(H,38,46)(H,39,47)(H,42,43)(H,44,45)(H,48,49)(H,50,51)(H2,34,36,52)(H2,37,40,53)/t17-,20+,21+,22+,23+/m1/s1. The highest BCUT2D eigenvalue weighted by Crippen LogP contribution is 2.06. The van der Waals surface area contributed by atoms with Crippen molar-refractivity contribution in [3.05, 3.63) is 35.4 Å². The molecule has 21 nitrogen and oxygen atoms in total. The molecule has 0 saturated carbocycles. The predicted molar refractivity (Wildman–Crippen MR) is 192 cm³/mol. The van der Waals surface area contributed by atoms with Gasteiger partial charge in [-0.05, 0) is 43.7 Å². The van der Waals surface area contributed by atoms with Gasteiger partial charge in [0.2, 0.25) is 17.7 Å². The first kappa shape index (κ1) is 46.4. The molecule has 0 aliphatic rings. The molecule has 22 heteroatoms. The summed E-state index contributed by atoms with van der Waals surface area (Å²) in [6.07, 6.45) is 0.183. The van der Waals surface area contributed by atoms with Crippen LogP contribution >= 0.6 is 12.6 Å².